The molecule has 0 unspecified atom stereocenters. The highest BCUT2D eigenvalue weighted by atomic mass is 16.1. The van der Waals surface area contributed by atoms with Crippen LogP contribution in [0.4, 0.5) is 0 Å². The second-order valence-electron chi connectivity index (χ2n) is 3.71. The van der Waals surface area contributed by atoms with Crippen molar-refractivity contribution in [2.75, 3.05) is 0 Å². The highest BCUT2D eigenvalue weighted by Crippen LogP contribution is 2.31. The van der Waals surface area contributed by atoms with Crippen LogP contribution in [0.1, 0.15) is 36.3 Å². The summed E-state index contributed by atoms with van der Waals surface area (Å²) in [6, 6.07) is 9.64. The van der Waals surface area contributed by atoms with Crippen LogP contribution >= 0.6 is 0 Å². The van der Waals surface area contributed by atoms with Crippen LogP contribution in [0.15, 0.2) is 24.3 Å². The third-order valence-corrected chi connectivity index (χ3v) is 2.76. The highest BCUT2D eigenvalue weighted by Gasteiger charge is 2.23. The number of Topliss-reactive ketones (excluding diaryl/α,β-unsaturated/α-hetero) is 1. The topological polar surface area (TPSA) is 40.9 Å². The number of benzene rings is 1. The van der Waals surface area contributed by atoms with Crippen LogP contribution in [0.25, 0.3) is 0 Å². The molecule has 0 spiro atoms. The second kappa shape index (κ2) is 3.63. The Bertz CT molecular complexity index is 386. The molecule has 1 aliphatic carbocycles. The lowest BCUT2D eigenvalue weighted by atomic mass is 9.97. The van der Waals surface area contributed by atoms with Crippen molar-refractivity contribution < 1.29 is 4.79 Å². The van der Waals surface area contributed by atoms with E-state index in [0.717, 1.165) is 6.42 Å². The van der Waals surface area contributed by atoms with Gasteiger partial charge in [-0.2, -0.15) is 5.26 Å². The van der Waals surface area contributed by atoms with E-state index in [2.05, 4.69) is 6.07 Å². The molecule has 1 aromatic carbocycles. The molecular formula is C12H11NO. The first kappa shape index (κ1) is 8.96. The highest BCUT2D eigenvalue weighted by molar-refractivity contribution is 5.81. The molecule has 2 nitrogen and oxygen atoms in total. The van der Waals surface area contributed by atoms with Gasteiger partial charge in [0.25, 0.3) is 0 Å². The standard InChI is InChI=1S/C12H11NO/c13-8-9-1-3-10(4-2-9)11-5-6-12(14)7-11/h1-4,11H,5-7H2/t11-/m1/s1. The summed E-state index contributed by atoms with van der Waals surface area (Å²) in [7, 11) is 0. The molecule has 1 saturated carbocycles. The van der Waals surface area contributed by atoms with E-state index in [1.165, 1.54) is 5.56 Å². The average Bonchev–Trinajstić information content (AvgIpc) is 2.65. The molecule has 0 amide bonds. The van der Waals surface area contributed by atoms with Crippen molar-refractivity contribution in [1.82, 2.24) is 0 Å². The first-order valence-corrected chi connectivity index (χ1v) is 4.81. The molecular weight excluding hydrogens is 174 g/mol. The molecule has 1 aromatic rings. The molecule has 0 radical (unpaired) electrons. The molecule has 2 heteroatoms. The normalized spacial score (nSPS) is 20.8. The van der Waals surface area contributed by atoms with Gasteiger partial charge in [0, 0.05) is 12.8 Å². The Hall–Kier alpha value is -1.62. The number of ketones is 1. The number of rotatable bonds is 1. The van der Waals surface area contributed by atoms with Crippen LogP contribution in [-0.2, 0) is 4.79 Å². The zero-order valence-corrected chi connectivity index (χ0v) is 7.86. The predicted octanol–water partition coefficient (Wildman–Crippen LogP) is 2.39. The minimum atomic E-state index is 0.361. The van der Waals surface area contributed by atoms with E-state index < -0.39 is 0 Å². The fourth-order valence-electron chi connectivity index (χ4n) is 1.93. The second-order valence-corrected chi connectivity index (χ2v) is 3.71. The fourth-order valence-corrected chi connectivity index (χ4v) is 1.93. The van der Waals surface area contributed by atoms with Crippen LogP contribution in [0.5, 0.6) is 0 Å². The van der Waals surface area contributed by atoms with Crippen molar-refractivity contribution in [2.45, 2.75) is 25.2 Å². The zero-order valence-electron chi connectivity index (χ0n) is 7.86. The summed E-state index contributed by atoms with van der Waals surface area (Å²) < 4.78 is 0. The molecule has 1 fully saturated rings. The van der Waals surface area contributed by atoms with Crippen LogP contribution in [0, 0.1) is 11.3 Å². The Morgan fingerprint density at radius 2 is 2.00 bits per heavy atom. The smallest absolute Gasteiger partial charge is 0.133 e. The largest absolute Gasteiger partial charge is 0.300 e. The summed E-state index contributed by atoms with van der Waals surface area (Å²) in [5.74, 6) is 0.745. The molecule has 14 heavy (non-hydrogen) atoms. The minimum Gasteiger partial charge on any atom is -0.300 e. The molecule has 0 bridgehead atoms. The maximum Gasteiger partial charge on any atom is 0.133 e. The van der Waals surface area contributed by atoms with Crippen molar-refractivity contribution in [3.63, 3.8) is 0 Å². The fraction of sp³-hybridized carbons (Fsp3) is 0.333. The number of hydrogen-bond acceptors (Lipinski definition) is 2. The van der Waals surface area contributed by atoms with Gasteiger partial charge in [-0.1, -0.05) is 12.1 Å². The molecule has 70 valence electrons. The first-order valence-electron chi connectivity index (χ1n) is 4.81. The van der Waals surface area contributed by atoms with Crippen molar-refractivity contribution in [3.05, 3.63) is 35.4 Å². The Morgan fingerprint density at radius 1 is 1.29 bits per heavy atom. The van der Waals surface area contributed by atoms with Gasteiger partial charge < -0.3 is 0 Å². The summed E-state index contributed by atoms with van der Waals surface area (Å²) in [5, 5.41) is 8.63. The first-order chi connectivity index (χ1) is 6.79. The summed E-state index contributed by atoms with van der Waals surface area (Å²) in [5.41, 5.74) is 1.87. The summed E-state index contributed by atoms with van der Waals surface area (Å²) >= 11 is 0. The SMILES string of the molecule is N#Cc1ccc([C@@H]2CCC(=O)C2)cc1. The van der Waals surface area contributed by atoms with E-state index in [4.69, 9.17) is 5.26 Å². The molecule has 2 rings (SSSR count). The Kier molecular flexibility index (Phi) is 2.32. The van der Waals surface area contributed by atoms with Gasteiger partial charge in [0.05, 0.1) is 11.6 Å². The van der Waals surface area contributed by atoms with Crippen LogP contribution in [0.3, 0.4) is 0 Å². The summed E-state index contributed by atoms with van der Waals surface area (Å²) in [4.78, 5) is 11.1. The molecule has 1 atom stereocenters. The van der Waals surface area contributed by atoms with Gasteiger partial charge in [0.2, 0.25) is 0 Å². The van der Waals surface area contributed by atoms with Gasteiger partial charge in [-0.05, 0) is 30.0 Å². The van der Waals surface area contributed by atoms with E-state index in [-0.39, 0.29) is 0 Å². The van der Waals surface area contributed by atoms with Crippen LogP contribution in [0.2, 0.25) is 0 Å². The van der Waals surface area contributed by atoms with Gasteiger partial charge in [0.1, 0.15) is 5.78 Å². The van der Waals surface area contributed by atoms with E-state index >= 15 is 0 Å². The van der Waals surface area contributed by atoms with Gasteiger partial charge in [-0.3, -0.25) is 4.79 Å². The lowest BCUT2D eigenvalue weighted by Gasteiger charge is -2.07. The zero-order chi connectivity index (χ0) is 9.97. The monoisotopic (exact) mass is 185 g/mol. The van der Waals surface area contributed by atoms with Gasteiger partial charge in [-0.15, -0.1) is 0 Å². The maximum absolute atomic E-state index is 11.1. The number of carbonyl (C=O) groups is 1. The van der Waals surface area contributed by atoms with Crippen LogP contribution in [-0.4, -0.2) is 5.78 Å². The van der Waals surface area contributed by atoms with Crippen molar-refractivity contribution in [1.29, 1.82) is 5.26 Å². The van der Waals surface area contributed by atoms with Crippen molar-refractivity contribution >= 4 is 5.78 Å². The van der Waals surface area contributed by atoms with Crippen molar-refractivity contribution in [2.24, 2.45) is 0 Å². The van der Waals surface area contributed by atoms with E-state index in [9.17, 15) is 4.79 Å². The number of hydrogen-bond donors (Lipinski definition) is 0. The van der Waals surface area contributed by atoms with Gasteiger partial charge in [0.15, 0.2) is 0 Å². The Labute approximate surface area is 83.2 Å². The predicted molar refractivity (Wildman–Crippen MR) is 52.8 cm³/mol. The Balaban J connectivity index is 2.18. The van der Waals surface area contributed by atoms with E-state index in [1.807, 2.05) is 24.3 Å². The minimum absolute atomic E-state index is 0.361. The average molecular weight is 185 g/mol. The number of nitrogens with zero attached hydrogens (tertiary/aromatic N) is 1. The van der Waals surface area contributed by atoms with E-state index in [1.54, 1.807) is 0 Å². The lowest BCUT2D eigenvalue weighted by Crippen LogP contribution is -1.93. The van der Waals surface area contributed by atoms with Gasteiger partial charge >= 0.3 is 0 Å². The lowest BCUT2D eigenvalue weighted by molar-refractivity contribution is -0.117. The summed E-state index contributed by atoms with van der Waals surface area (Å²) in [6.45, 7) is 0. The number of nitriles is 1. The molecule has 0 aromatic heterocycles. The molecule has 0 saturated heterocycles. The van der Waals surface area contributed by atoms with E-state index in [0.29, 0.717) is 30.1 Å². The third-order valence-electron chi connectivity index (χ3n) is 2.76. The van der Waals surface area contributed by atoms with Crippen molar-refractivity contribution in [3.8, 4) is 6.07 Å². The summed E-state index contributed by atoms with van der Waals surface area (Å²) in [6.07, 6.45) is 2.35. The molecule has 0 heterocycles. The maximum atomic E-state index is 11.1. The van der Waals surface area contributed by atoms with Gasteiger partial charge in [-0.25, -0.2) is 0 Å². The third kappa shape index (κ3) is 1.67. The molecule has 0 aliphatic heterocycles. The Morgan fingerprint density at radius 3 is 2.50 bits per heavy atom. The number of carbonyl (C=O) groups excluding carboxylic acids is 1. The quantitative estimate of drug-likeness (QED) is 0.674. The molecule has 1 aliphatic rings. The van der Waals surface area contributed by atoms with Crippen LogP contribution < -0.4 is 0 Å². The molecule has 0 N–H and O–H groups in total.